The van der Waals surface area contributed by atoms with Crippen LogP contribution >= 0.6 is 0 Å². The Labute approximate surface area is 147 Å². The van der Waals surface area contributed by atoms with Gasteiger partial charge in [-0.2, -0.15) is 0 Å². The van der Waals surface area contributed by atoms with E-state index in [2.05, 4.69) is 39.2 Å². The summed E-state index contributed by atoms with van der Waals surface area (Å²) in [6.45, 7) is 12.4. The summed E-state index contributed by atoms with van der Waals surface area (Å²) in [7, 11) is -1.66. The van der Waals surface area contributed by atoms with Gasteiger partial charge in [0, 0.05) is 12.6 Å². The fraction of sp³-hybridized carbons (Fsp3) is 0.632. The molecule has 0 unspecified atom stereocenters. The summed E-state index contributed by atoms with van der Waals surface area (Å²) in [4.78, 5) is 11.8. The molecule has 1 amide bonds. The zero-order valence-corrected chi connectivity index (χ0v) is 16.6. The summed E-state index contributed by atoms with van der Waals surface area (Å²) in [5.74, 6) is 0.527. The minimum atomic E-state index is -1.66. The Hall–Kier alpha value is -1.33. The molecule has 1 N–H and O–H groups in total. The second-order valence-corrected chi connectivity index (χ2v) is 13.0. The third-order valence-corrected chi connectivity index (χ3v) is 9.73. The SMILES string of the molecule is CC(C)(C)[Si](C)(C)OCC[C@H]1C[C@@H]1NC(=O)OCc1ccccc1. The molecule has 0 bridgehead atoms. The van der Waals surface area contributed by atoms with Gasteiger partial charge >= 0.3 is 6.09 Å². The average molecular weight is 350 g/mol. The molecule has 1 aromatic rings. The Balaban J connectivity index is 1.61. The Kier molecular flexibility index (Phi) is 6.10. The lowest BCUT2D eigenvalue weighted by atomic mass is 10.2. The fourth-order valence-corrected chi connectivity index (χ4v) is 3.40. The van der Waals surface area contributed by atoms with Gasteiger partial charge in [-0.15, -0.1) is 0 Å². The van der Waals surface area contributed by atoms with Crippen molar-refractivity contribution in [2.75, 3.05) is 6.61 Å². The van der Waals surface area contributed by atoms with Crippen LogP contribution in [0.15, 0.2) is 30.3 Å². The van der Waals surface area contributed by atoms with Crippen LogP contribution in [-0.2, 0) is 15.8 Å². The number of benzene rings is 1. The maximum absolute atomic E-state index is 11.8. The van der Waals surface area contributed by atoms with Crippen molar-refractivity contribution in [1.29, 1.82) is 0 Å². The Bertz CT molecular complexity index is 539. The summed E-state index contributed by atoms with van der Waals surface area (Å²) in [6, 6.07) is 9.98. The second-order valence-electron chi connectivity index (χ2n) is 8.21. The predicted octanol–water partition coefficient (Wildman–Crippen LogP) is 4.71. The van der Waals surface area contributed by atoms with Crippen molar-refractivity contribution < 1.29 is 14.0 Å². The number of ether oxygens (including phenoxy) is 1. The fourth-order valence-electron chi connectivity index (χ4n) is 2.34. The quantitative estimate of drug-likeness (QED) is 0.725. The van der Waals surface area contributed by atoms with E-state index in [0.29, 0.717) is 12.5 Å². The average Bonchev–Trinajstić information content (AvgIpc) is 3.23. The molecule has 1 fully saturated rings. The molecule has 1 aliphatic carbocycles. The van der Waals surface area contributed by atoms with E-state index in [1.165, 1.54) is 0 Å². The lowest BCUT2D eigenvalue weighted by Gasteiger charge is -2.36. The molecule has 0 aliphatic heterocycles. The Morgan fingerprint density at radius 1 is 1.25 bits per heavy atom. The summed E-state index contributed by atoms with van der Waals surface area (Å²) in [5, 5.41) is 3.19. The zero-order valence-electron chi connectivity index (χ0n) is 15.6. The molecule has 0 saturated heterocycles. The highest BCUT2D eigenvalue weighted by atomic mass is 28.4. The molecule has 1 saturated carbocycles. The van der Waals surface area contributed by atoms with Crippen molar-refractivity contribution in [2.45, 2.75) is 64.4 Å². The third kappa shape index (κ3) is 5.63. The van der Waals surface area contributed by atoms with E-state index < -0.39 is 8.32 Å². The van der Waals surface area contributed by atoms with Gasteiger partial charge in [-0.3, -0.25) is 0 Å². The first-order valence-electron chi connectivity index (χ1n) is 8.80. The smallest absolute Gasteiger partial charge is 0.407 e. The van der Waals surface area contributed by atoms with Crippen LogP contribution in [0.5, 0.6) is 0 Å². The molecule has 134 valence electrons. The van der Waals surface area contributed by atoms with Gasteiger partial charge in [-0.25, -0.2) is 4.79 Å². The van der Waals surface area contributed by atoms with Gasteiger partial charge in [0.05, 0.1) is 0 Å². The third-order valence-electron chi connectivity index (χ3n) is 5.20. The summed E-state index contributed by atoms with van der Waals surface area (Å²) in [5.41, 5.74) is 1.00. The first kappa shape index (κ1) is 19.0. The normalized spacial score (nSPS) is 20.5. The van der Waals surface area contributed by atoms with Gasteiger partial charge in [-0.05, 0) is 42.5 Å². The molecule has 0 heterocycles. The summed E-state index contributed by atoms with van der Waals surface area (Å²) < 4.78 is 11.5. The molecular weight excluding hydrogens is 318 g/mol. The Morgan fingerprint density at radius 2 is 1.92 bits per heavy atom. The van der Waals surface area contributed by atoms with Gasteiger partial charge in [0.15, 0.2) is 8.32 Å². The van der Waals surface area contributed by atoms with E-state index in [4.69, 9.17) is 9.16 Å². The number of carbonyl (C=O) groups is 1. The number of nitrogens with one attached hydrogen (secondary N) is 1. The van der Waals surface area contributed by atoms with Crippen LogP contribution in [0.1, 0.15) is 39.2 Å². The van der Waals surface area contributed by atoms with E-state index in [9.17, 15) is 4.79 Å². The largest absolute Gasteiger partial charge is 0.445 e. The standard InChI is InChI=1S/C19H31NO3Si/c1-19(2,3)24(4,5)23-12-11-16-13-17(16)20-18(21)22-14-15-9-7-6-8-10-15/h6-10,16-17H,11-14H2,1-5H3,(H,20,21)/t16-,17-/m0/s1. The summed E-state index contributed by atoms with van der Waals surface area (Å²) >= 11 is 0. The molecule has 1 aromatic carbocycles. The number of carbonyl (C=O) groups excluding carboxylic acids is 1. The van der Waals surface area contributed by atoms with E-state index in [-0.39, 0.29) is 17.2 Å². The minimum absolute atomic E-state index is 0.245. The highest BCUT2D eigenvalue weighted by Crippen LogP contribution is 2.38. The van der Waals surface area contributed by atoms with Crippen LogP contribution < -0.4 is 5.32 Å². The van der Waals surface area contributed by atoms with Crippen molar-refractivity contribution in [3.05, 3.63) is 35.9 Å². The molecule has 0 spiro atoms. The van der Waals surface area contributed by atoms with Gasteiger partial charge in [0.1, 0.15) is 6.61 Å². The molecule has 5 heteroatoms. The Morgan fingerprint density at radius 3 is 2.54 bits per heavy atom. The van der Waals surface area contributed by atoms with Crippen molar-refractivity contribution >= 4 is 14.4 Å². The van der Waals surface area contributed by atoms with Crippen LogP contribution in [0.3, 0.4) is 0 Å². The summed E-state index contributed by atoms with van der Waals surface area (Å²) in [6.07, 6.45) is 1.72. The molecule has 0 aromatic heterocycles. The highest BCUT2D eigenvalue weighted by Gasteiger charge is 2.40. The maximum Gasteiger partial charge on any atom is 0.407 e. The number of hydrogen-bond donors (Lipinski definition) is 1. The molecule has 24 heavy (non-hydrogen) atoms. The maximum atomic E-state index is 11.8. The number of amides is 1. The van der Waals surface area contributed by atoms with Crippen molar-refractivity contribution in [3.63, 3.8) is 0 Å². The highest BCUT2D eigenvalue weighted by molar-refractivity contribution is 6.74. The molecule has 2 atom stereocenters. The zero-order chi connectivity index (χ0) is 17.8. The van der Waals surface area contributed by atoms with Crippen LogP contribution in [0.2, 0.25) is 18.1 Å². The molecule has 2 rings (SSSR count). The minimum Gasteiger partial charge on any atom is -0.445 e. The number of hydrogen-bond acceptors (Lipinski definition) is 3. The molecule has 1 aliphatic rings. The van der Waals surface area contributed by atoms with Gasteiger partial charge in [0.2, 0.25) is 0 Å². The topological polar surface area (TPSA) is 47.6 Å². The lowest BCUT2D eigenvalue weighted by molar-refractivity contribution is 0.138. The predicted molar refractivity (Wildman–Crippen MR) is 99.4 cm³/mol. The van der Waals surface area contributed by atoms with Crippen LogP contribution in [0.25, 0.3) is 0 Å². The van der Waals surface area contributed by atoms with Crippen molar-refractivity contribution in [2.24, 2.45) is 5.92 Å². The van der Waals surface area contributed by atoms with Gasteiger partial charge < -0.3 is 14.5 Å². The van der Waals surface area contributed by atoms with Gasteiger partial charge in [-0.1, -0.05) is 51.1 Å². The van der Waals surface area contributed by atoms with E-state index in [0.717, 1.165) is 25.0 Å². The van der Waals surface area contributed by atoms with E-state index in [1.807, 2.05) is 30.3 Å². The first-order chi connectivity index (χ1) is 11.2. The molecule has 4 nitrogen and oxygen atoms in total. The molecular formula is C19H31NO3Si. The monoisotopic (exact) mass is 349 g/mol. The van der Waals surface area contributed by atoms with E-state index in [1.54, 1.807) is 0 Å². The lowest BCUT2D eigenvalue weighted by Crippen LogP contribution is -2.41. The van der Waals surface area contributed by atoms with Crippen LogP contribution in [0.4, 0.5) is 4.79 Å². The number of alkyl carbamates (subject to hydrolysis) is 1. The van der Waals surface area contributed by atoms with Crippen molar-refractivity contribution in [1.82, 2.24) is 5.32 Å². The second kappa shape index (κ2) is 7.70. The molecule has 0 radical (unpaired) electrons. The van der Waals surface area contributed by atoms with Crippen LogP contribution in [0, 0.1) is 5.92 Å². The van der Waals surface area contributed by atoms with E-state index >= 15 is 0 Å². The van der Waals surface area contributed by atoms with Crippen LogP contribution in [-0.4, -0.2) is 27.1 Å². The number of rotatable bonds is 7. The first-order valence-corrected chi connectivity index (χ1v) is 11.7. The van der Waals surface area contributed by atoms with Gasteiger partial charge in [0.25, 0.3) is 0 Å². The van der Waals surface area contributed by atoms with Crippen molar-refractivity contribution in [3.8, 4) is 0 Å².